The average molecular weight is 605 g/mol. The van der Waals surface area contributed by atoms with Crippen LogP contribution in [0, 0.1) is 11.6 Å². The molecule has 3 heterocycles. The number of fused-ring (bicyclic) bond motifs is 1. The Hall–Kier alpha value is -4.13. The molecule has 5 aromatic rings. The van der Waals surface area contributed by atoms with E-state index in [2.05, 4.69) is 19.7 Å². The third-order valence-electron chi connectivity index (χ3n) is 7.92. The Morgan fingerprint density at radius 3 is 2.58 bits per heavy atom. The summed E-state index contributed by atoms with van der Waals surface area (Å²) in [4.78, 5) is 6.97. The first-order chi connectivity index (χ1) is 20.8. The molecule has 12 heteroatoms. The molecule has 2 aliphatic rings. The number of hydrogen-bond acceptors (Lipinski definition) is 6. The van der Waals surface area contributed by atoms with Gasteiger partial charge in [0.15, 0.2) is 0 Å². The maximum absolute atomic E-state index is 14.8. The number of halogens is 2. The Kier molecular flexibility index (Phi) is 7.20. The zero-order chi connectivity index (χ0) is 29.6. The summed E-state index contributed by atoms with van der Waals surface area (Å²) >= 11 is 0. The molecule has 1 aliphatic carbocycles. The summed E-state index contributed by atoms with van der Waals surface area (Å²) in [6, 6.07) is 14.0. The van der Waals surface area contributed by atoms with Gasteiger partial charge < -0.3 is 4.74 Å². The molecule has 222 valence electrons. The van der Waals surface area contributed by atoms with Gasteiger partial charge in [0.2, 0.25) is 10.0 Å². The Morgan fingerprint density at radius 2 is 1.77 bits per heavy atom. The Labute approximate surface area is 247 Å². The quantitative estimate of drug-likeness (QED) is 0.253. The SMILES string of the molecule is O=S(=O)(Nc1cc(-c2cc(F)ccc2F)cc(-n2cnc3cc(-c4cnn(CCN5CCOCC5)c4)ccc32)c1)C1CC1. The Morgan fingerprint density at radius 1 is 0.930 bits per heavy atom. The second kappa shape index (κ2) is 11.2. The first-order valence-electron chi connectivity index (χ1n) is 14.2. The zero-order valence-corrected chi connectivity index (χ0v) is 24.1. The molecule has 0 spiro atoms. The number of nitrogens with one attached hydrogen (secondary N) is 1. The van der Waals surface area contributed by atoms with Crippen LogP contribution in [0.4, 0.5) is 14.5 Å². The third kappa shape index (κ3) is 5.90. The molecular formula is C31H30F2N6O3S. The number of hydrogen-bond donors (Lipinski definition) is 1. The summed E-state index contributed by atoms with van der Waals surface area (Å²) in [5.41, 5.74) is 4.63. The van der Waals surface area contributed by atoms with Crippen LogP contribution in [0.3, 0.4) is 0 Å². The molecule has 3 aromatic carbocycles. The van der Waals surface area contributed by atoms with E-state index in [1.807, 2.05) is 35.3 Å². The first kappa shape index (κ1) is 27.7. The topological polar surface area (TPSA) is 94.3 Å². The Balaban J connectivity index is 1.20. The van der Waals surface area contributed by atoms with Gasteiger partial charge in [0.1, 0.15) is 18.0 Å². The second-order valence-corrected chi connectivity index (χ2v) is 13.0. The molecular weight excluding hydrogens is 574 g/mol. The summed E-state index contributed by atoms with van der Waals surface area (Å²) in [6.07, 6.45) is 6.70. The van der Waals surface area contributed by atoms with Crippen LogP contribution in [0.2, 0.25) is 0 Å². The van der Waals surface area contributed by atoms with Gasteiger partial charge >= 0.3 is 0 Å². The number of aromatic nitrogens is 4. The zero-order valence-electron chi connectivity index (χ0n) is 23.3. The van der Waals surface area contributed by atoms with E-state index in [-0.39, 0.29) is 11.3 Å². The highest BCUT2D eigenvalue weighted by molar-refractivity contribution is 7.93. The number of morpholine rings is 1. The minimum atomic E-state index is -3.59. The fourth-order valence-corrected chi connectivity index (χ4v) is 6.78. The molecule has 1 aliphatic heterocycles. The monoisotopic (exact) mass is 604 g/mol. The predicted octanol–water partition coefficient (Wildman–Crippen LogP) is 5.07. The molecule has 1 saturated carbocycles. The number of imidazole rings is 1. The summed E-state index contributed by atoms with van der Waals surface area (Å²) in [7, 11) is -3.59. The van der Waals surface area contributed by atoms with Crippen molar-refractivity contribution in [2.24, 2.45) is 0 Å². The highest BCUT2D eigenvalue weighted by atomic mass is 32.2. The van der Waals surface area contributed by atoms with Gasteiger partial charge in [-0.2, -0.15) is 5.10 Å². The highest BCUT2D eigenvalue weighted by Gasteiger charge is 2.35. The van der Waals surface area contributed by atoms with E-state index >= 15 is 0 Å². The first-order valence-corrected chi connectivity index (χ1v) is 15.8. The van der Waals surface area contributed by atoms with E-state index in [0.717, 1.165) is 79.8 Å². The number of anilines is 1. The molecule has 2 fully saturated rings. The standard InChI is InChI=1S/C31H30F2N6O3S/c32-24-2-5-29(33)28(16-24)22-13-25(36-43(40,41)27-3-4-27)17-26(14-22)39-20-34-30-15-21(1-6-31(30)39)23-18-35-38(19-23)8-7-37-9-11-42-12-10-37/h1-2,5-6,13-20,27,36H,3-4,7-12H2. The van der Waals surface area contributed by atoms with Gasteiger partial charge in [-0.1, -0.05) is 6.07 Å². The third-order valence-corrected chi connectivity index (χ3v) is 9.79. The molecule has 0 radical (unpaired) electrons. The normalized spacial score (nSPS) is 16.1. The van der Waals surface area contributed by atoms with Crippen molar-refractivity contribution < 1.29 is 21.9 Å². The predicted molar refractivity (Wildman–Crippen MR) is 160 cm³/mol. The lowest BCUT2D eigenvalue weighted by molar-refractivity contribution is 0.0360. The van der Waals surface area contributed by atoms with Crippen LogP contribution in [0.5, 0.6) is 0 Å². The Bertz CT molecular complexity index is 1910. The van der Waals surface area contributed by atoms with E-state index in [1.54, 1.807) is 23.0 Å². The molecule has 0 bridgehead atoms. The summed E-state index contributed by atoms with van der Waals surface area (Å²) in [5.74, 6) is -1.20. The lowest BCUT2D eigenvalue weighted by Gasteiger charge is -2.26. The van der Waals surface area contributed by atoms with E-state index < -0.39 is 26.9 Å². The maximum Gasteiger partial charge on any atom is 0.235 e. The maximum atomic E-state index is 14.8. The highest BCUT2D eigenvalue weighted by Crippen LogP contribution is 2.34. The number of sulfonamides is 1. The van der Waals surface area contributed by atoms with Crippen molar-refractivity contribution in [2.45, 2.75) is 24.6 Å². The number of ether oxygens (including phenoxy) is 1. The minimum Gasteiger partial charge on any atom is -0.379 e. The molecule has 7 rings (SSSR count). The van der Waals surface area contributed by atoms with Crippen molar-refractivity contribution in [1.82, 2.24) is 24.2 Å². The number of benzene rings is 3. The minimum absolute atomic E-state index is 0.0334. The molecule has 2 aromatic heterocycles. The largest absolute Gasteiger partial charge is 0.379 e. The van der Waals surface area contributed by atoms with Crippen molar-refractivity contribution in [3.8, 4) is 27.9 Å². The van der Waals surface area contributed by atoms with E-state index in [1.165, 1.54) is 6.07 Å². The van der Waals surface area contributed by atoms with Crippen LogP contribution in [-0.2, 0) is 21.3 Å². The molecule has 1 saturated heterocycles. The van der Waals surface area contributed by atoms with Crippen LogP contribution in [0.1, 0.15) is 12.8 Å². The van der Waals surface area contributed by atoms with Crippen LogP contribution in [0.15, 0.2) is 73.3 Å². The summed E-state index contributed by atoms with van der Waals surface area (Å²) in [5, 5.41) is 4.09. The van der Waals surface area contributed by atoms with Gasteiger partial charge in [-0.3, -0.25) is 18.9 Å². The average Bonchev–Trinajstić information content (AvgIpc) is 3.63. The van der Waals surface area contributed by atoms with E-state index in [4.69, 9.17) is 4.74 Å². The van der Waals surface area contributed by atoms with Gasteiger partial charge in [0.25, 0.3) is 0 Å². The van der Waals surface area contributed by atoms with Gasteiger partial charge in [-0.25, -0.2) is 22.2 Å². The van der Waals surface area contributed by atoms with Crippen molar-refractivity contribution >= 4 is 26.7 Å². The van der Waals surface area contributed by atoms with Crippen LogP contribution < -0.4 is 4.72 Å². The molecule has 1 N–H and O–H groups in total. The smallest absolute Gasteiger partial charge is 0.235 e. The van der Waals surface area contributed by atoms with Gasteiger partial charge in [-0.05, 0) is 72.5 Å². The number of rotatable bonds is 9. The fraction of sp³-hybridized carbons (Fsp3) is 0.290. The van der Waals surface area contributed by atoms with Crippen molar-refractivity contribution in [2.75, 3.05) is 37.6 Å². The fourth-order valence-electron chi connectivity index (χ4n) is 5.41. The van der Waals surface area contributed by atoms with Gasteiger partial charge in [0.05, 0.1) is 47.9 Å². The number of nitrogens with zero attached hydrogens (tertiary/aromatic N) is 5. The molecule has 0 amide bonds. The summed E-state index contributed by atoms with van der Waals surface area (Å²) in [6.45, 7) is 5.08. The van der Waals surface area contributed by atoms with Gasteiger partial charge in [0, 0.05) is 42.6 Å². The van der Waals surface area contributed by atoms with Crippen molar-refractivity contribution in [3.63, 3.8) is 0 Å². The summed E-state index contributed by atoms with van der Waals surface area (Å²) < 4.78 is 66.2. The molecule has 0 unspecified atom stereocenters. The van der Waals surface area contributed by atoms with Gasteiger partial charge in [-0.15, -0.1) is 0 Å². The molecule has 9 nitrogen and oxygen atoms in total. The molecule has 43 heavy (non-hydrogen) atoms. The van der Waals surface area contributed by atoms with Crippen LogP contribution in [0.25, 0.3) is 39.0 Å². The van der Waals surface area contributed by atoms with E-state index in [9.17, 15) is 17.2 Å². The van der Waals surface area contributed by atoms with Crippen LogP contribution >= 0.6 is 0 Å². The van der Waals surface area contributed by atoms with Crippen molar-refractivity contribution in [1.29, 1.82) is 0 Å². The van der Waals surface area contributed by atoms with E-state index in [0.29, 0.717) is 24.1 Å². The lowest BCUT2D eigenvalue weighted by Crippen LogP contribution is -2.38. The van der Waals surface area contributed by atoms with Crippen LogP contribution in [-0.4, -0.2) is 70.7 Å². The second-order valence-electron chi connectivity index (χ2n) is 11.0. The molecule has 0 atom stereocenters. The lowest BCUT2D eigenvalue weighted by atomic mass is 10.0. The van der Waals surface area contributed by atoms with Crippen molar-refractivity contribution in [3.05, 3.63) is 85.0 Å².